The maximum atomic E-state index is 5.53. The lowest BCUT2D eigenvalue weighted by atomic mass is 10.1. The predicted molar refractivity (Wildman–Crippen MR) is 63.2 cm³/mol. The van der Waals surface area contributed by atoms with E-state index in [1.807, 2.05) is 0 Å². The second kappa shape index (κ2) is 4.32. The Balaban J connectivity index is 2.06. The minimum atomic E-state index is 0.391. The molecule has 0 spiro atoms. The number of hydrogen-bond donors (Lipinski definition) is 1. The Bertz CT molecular complexity index is 326. The summed E-state index contributed by atoms with van der Waals surface area (Å²) in [5, 5.41) is 0.957. The van der Waals surface area contributed by atoms with E-state index in [2.05, 4.69) is 33.1 Å². The fraction of sp³-hybridized carbons (Fsp3) is 0.778. The predicted octanol–water partition coefficient (Wildman–Crippen LogP) is 0.651. The maximum Gasteiger partial charge on any atom is 0.233 e. The van der Waals surface area contributed by atoms with Crippen molar-refractivity contribution in [3.8, 4) is 0 Å². The normalized spacial score (nSPS) is 23.3. The summed E-state index contributed by atoms with van der Waals surface area (Å²) in [5.41, 5.74) is 5.53. The second-order valence-corrected chi connectivity index (χ2v) is 4.65. The molecule has 2 heterocycles. The first kappa shape index (κ1) is 10.6. The van der Waals surface area contributed by atoms with Crippen molar-refractivity contribution in [3.63, 3.8) is 0 Å². The lowest BCUT2D eigenvalue weighted by molar-refractivity contribution is 0.213. The van der Waals surface area contributed by atoms with Crippen LogP contribution in [0.15, 0.2) is 0 Å². The van der Waals surface area contributed by atoms with Crippen molar-refractivity contribution in [3.05, 3.63) is 0 Å². The Kier molecular flexibility index (Phi) is 3.06. The van der Waals surface area contributed by atoms with Gasteiger partial charge in [0.1, 0.15) is 0 Å². The zero-order chi connectivity index (χ0) is 10.8. The average Bonchev–Trinajstić information content (AvgIpc) is 2.66. The number of nitrogen functional groups attached to an aromatic ring is 1. The molecular formula is C9H17N5S. The first-order valence-corrected chi connectivity index (χ1v) is 6.02. The van der Waals surface area contributed by atoms with Crippen LogP contribution in [0.4, 0.5) is 11.1 Å². The highest BCUT2D eigenvalue weighted by atomic mass is 32.1. The van der Waals surface area contributed by atoms with Crippen molar-refractivity contribution in [1.29, 1.82) is 0 Å². The molecule has 0 aliphatic carbocycles. The van der Waals surface area contributed by atoms with Crippen LogP contribution in [0.25, 0.3) is 0 Å². The second-order valence-electron chi connectivity index (χ2n) is 3.92. The van der Waals surface area contributed by atoms with Gasteiger partial charge in [0.05, 0.1) is 0 Å². The number of nitrogens with zero attached hydrogens (tertiary/aromatic N) is 4. The quantitative estimate of drug-likeness (QED) is 0.804. The first-order chi connectivity index (χ1) is 7.20. The molecule has 1 atom stereocenters. The van der Waals surface area contributed by atoms with Gasteiger partial charge in [-0.25, -0.2) is 0 Å². The SMILES string of the molecule is CCC1CN(c2nc(N)ns2)CCN1C. The zero-order valence-electron chi connectivity index (χ0n) is 9.18. The molecule has 1 aromatic rings. The smallest absolute Gasteiger partial charge is 0.233 e. The van der Waals surface area contributed by atoms with Crippen LogP contribution in [0.1, 0.15) is 13.3 Å². The van der Waals surface area contributed by atoms with Crippen molar-refractivity contribution in [2.75, 3.05) is 37.3 Å². The van der Waals surface area contributed by atoms with E-state index in [1.54, 1.807) is 0 Å². The lowest BCUT2D eigenvalue weighted by Crippen LogP contribution is -2.51. The summed E-state index contributed by atoms with van der Waals surface area (Å²) in [6.45, 7) is 5.35. The standard InChI is InChI=1S/C9H17N5S/c1-3-7-6-14(5-4-13(7)2)9-11-8(10)12-15-9/h7H,3-6H2,1-2H3,(H2,10,12). The summed E-state index contributed by atoms with van der Waals surface area (Å²) < 4.78 is 4.01. The van der Waals surface area contributed by atoms with Crippen molar-refractivity contribution < 1.29 is 0 Å². The summed E-state index contributed by atoms with van der Waals surface area (Å²) in [4.78, 5) is 8.90. The molecule has 2 rings (SSSR count). The maximum absolute atomic E-state index is 5.53. The van der Waals surface area contributed by atoms with Gasteiger partial charge in [-0.05, 0) is 13.5 Å². The van der Waals surface area contributed by atoms with Crippen molar-refractivity contribution in [1.82, 2.24) is 14.3 Å². The highest BCUT2D eigenvalue weighted by Gasteiger charge is 2.24. The van der Waals surface area contributed by atoms with Crippen LogP contribution in [0.5, 0.6) is 0 Å². The van der Waals surface area contributed by atoms with Gasteiger partial charge in [0.2, 0.25) is 11.1 Å². The molecule has 0 bridgehead atoms. The number of anilines is 2. The third kappa shape index (κ3) is 2.21. The molecule has 84 valence electrons. The molecule has 1 fully saturated rings. The Labute approximate surface area is 94.1 Å². The van der Waals surface area contributed by atoms with E-state index in [4.69, 9.17) is 5.73 Å². The van der Waals surface area contributed by atoms with Gasteiger partial charge in [-0.1, -0.05) is 6.92 Å². The molecule has 1 aromatic heterocycles. The minimum Gasteiger partial charge on any atom is -0.367 e. The van der Waals surface area contributed by atoms with Crippen molar-refractivity contribution in [2.24, 2.45) is 0 Å². The van der Waals surface area contributed by atoms with Crippen LogP contribution in [0.3, 0.4) is 0 Å². The van der Waals surface area contributed by atoms with Crippen molar-refractivity contribution in [2.45, 2.75) is 19.4 Å². The summed E-state index contributed by atoms with van der Waals surface area (Å²) in [6, 6.07) is 0.615. The van der Waals surface area contributed by atoms with E-state index in [1.165, 1.54) is 18.0 Å². The molecule has 1 saturated heterocycles. The van der Waals surface area contributed by atoms with Gasteiger partial charge < -0.3 is 10.6 Å². The van der Waals surface area contributed by atoms with E-state index >= 15 is 0 Å². The number of likely N-dealkylation sites (N-methyl/N-ethyl adjacent to an activating group) is 1. The Morgan fingerprint density at radius 1 is 1.53 bits per heavy atom. The van der Waals surface area contributed by atoms with E-state index in [9.17, 15) is 0 Å². The zero-order valence-corrected chi connectivity index (χ0v) is 10.00. The summed E-state index contributed by atoms with van der Waals surface area (Å²) in [6.07, 6.45) is 1.17. The lowest BCUT2D eigenvalue weighted by Gasteiger charge is -2.38. The van der Waals surface area contributed by atoms with Crippen LogP contribution in [-0.2, 0) is 0 Å². The third-order valence-corrected chi connectivity index (χ3v) is 3.74. The van der Waals surface area contributed by atoms with Gasteiger partial charge in [-0.3, -0.25) is 4.90 Å². The molecular weight excluding hydrogens is 210 g/mol. The van der Waals surface area contributed by atoms with Gasteiger partial charge in [0.15, 0.2) is 0 Å². The van der Waals surface area contributed by atoms with Gasteiger partial charge in [-0.2, -0.15) is 9.36 Å². The topological polar surface area (TPSA) is 58.3 Å². The van der Waals surface area contributed by atoms with Gasteiger partial charge in [0.25, 0.3) is 0 Å². The van der Waals surface area contributed by atoms with E-state index in [0.29, 0.717) is 12.0 Å². The molecule has 5 nitrogen and oxygen atoms in total. The first-order valence-electron chi connectivity index (χ1n) is 5.25. The monoisotopic (exact) mass is 227 g/mol. The Hall–Kier alpha value is -0.880. The highest BCUT2D eigenvalue weighted by Crippen LogP contribution is 2.22. The third-order valence-electron chi connectivity index (χ3n) is 2.95. The number of rotatable bonds is 2. The molecule has 0 radical (unpaired) electrons. The molecule has 6 heteroatoms. The van der Waals surface area contributed by atoms with Gasteiger partial charge >= 0.3 is 0 Å². The molecule has 0 amide bonds. The number of piperazine rings is 1. The number of hydrogen-bond acceptors (Lipinski definition) is 6. The molecule has 0 aromatic carbocycles. The summed E-state index contributed by atoms with van der Waals surface area (Å²) >= 11 is 1.39. The Morgan fingerprint density at radius 3 is 2.93 bits per heavy atom. The minimum absolute atomic E-state index is 0.391. The largest absolute Gasteiger partial charge is 0.367 e. The van der Waals surface area contributed by atoms with E-state index in [0.717, 1.165) is 24.8 Å². The van der Waals surface area contributed by atoms with Gasteiger partial charge in [-0.15, -0.1) is 0 Å². The Morgan fingerprint density at radius 2 is 2.33 bits per heavy atom. The highest BCUT2D eigenvalue weighted by molar-refractivity contribution is 7.09. The fourth-order valence-corrected chi connectivity index (χ4v) is 2.55. The van der Waals surface area contributed by atoms with E-state index in [-0.39, 0.29) is 0 Å². The molecule has 1 aliphatic rings. The van der Waals surface area contributed by atoms with Crippen LogP contribution in [-0.4, -0.2) is 47.0 Å². The number of aromatic nitrogens is 2. The van der Waals surface area contributed by atoms with Crippen LogP contribution in [0.2, 0.25) is 0 Å². The molecule has 2 N–H and O–H groups in total. The summed E-state index contributed by atoms with van der Waals surface area (Å²) in [5.74, 6) is 0.391. The summed E-state index contributed by atoms with van der Waals surface area (Å²) in [7, 11) is 2.18. The molecule has 15 heavy (non-hydrogen) atoms. The molecule has 1 unspecified atom stereocenters. The molecule has 0 saturated carbocycles. The van der Waals surface area contributed by atoms with Crippen molar-refractivity contribution >= 4 is 22.6 Å². The fourth-order valence-electron chi connectivity index (χ4n) is 1.92. The molecule has 1 aliphatic heterocycles. The van der Waals surface area contributed by atoms with Gasteiger partial charge in [0, 0.05) is 37.2 Å². The number of nitrogens with two attached hydrogens (primary N) is 1. The average molecular weight is 227 g/mol. The van der Waals surface area contributed by atoms with Crippen LogP contribution < -0.4 is 10.6 Å². The van der Waals surface area contributed by atoms with Crippen LogP contribution in [0, 0.1) is 0 Å². The van der Waals surface area contributed by atoms with Crippen LogP contribution >= 0.6 is 11.5 Å². The van der Waals surface area contributed by atoms with E-state index < -0.39 is 0 Å².